The van der Waals surface area contributed by atoms with E-state index in [0.29, 0.717) is 16.4 Å². The average molecular weight is 763 g/mol. The number of hydrogen-bond acceptors (Lipinski definition) is 6. The van der Waals surface area contributed by atoms with Gasteiger partial charge in [0.1, 0.15) is 5.70 Å². The summed E-state index contributed by atoms with van der Waals surface area (Å²) in [5, 5.41) is 10.6. The molecule has 1 heterocycles. The molecule has 0 bridgehead atoms. The molecule has 0 saturated carbocycles. The molecule has 1 aromatic heterocycles. The lowest BCUT2D eigenvalue weighted by Gasteiger charge is -2.13. The summed E-state index contributed by atoms with van der Waals surface area (Å²) in [6.45, 7) is 1.83. The minimum Gasteiger partial charge on any atom is -0.321 e. The number of rotatable bonds is 10. The van der Waals surface area contributed by atoms with Gasteiger partial charge in [0.25, 0.3) is 11.8 Å². The predicted octanol–water partition coefficient (Wildman–Crippen LogP) is 8.86. The van der Waals surface area contributed by atoms with E-state index < -0.39 is 11.8 Å². The minimum atomic E-state index is -0.471. The molecule has 1 unspecified atom stereocenters. The van der Waals surface area contributed by atoms with Gasteiger partial charge in [-0.3, -0.25) is 14.4 Å². The fourth-order valence-corrected chi connectivity index (χ4v) is 6.15. The molecule has 0 saturated heterocycles. The van der Waals surface area contributed by atoms with Crippen LogP contribution in [0.25, 0.3) is 17.3 Å². The highest BCUT2D eigenvalue weighted by atomic mass is 79.9. The Bertz CT molecular complexity index is 1830. The molecule has 45 heavy (non-hydrogen) atoms. The molecule has 0 spiro atoms. The van der Waals surface area contributed by atoms with E-state index >= 15 is 0 Å². The van der Waals surface area contributed by atoms with Crippen LogP contribution in [0.2, 0.25) is 0 Å². The van der Waals surface area contributed by atoms with Crippen molar-refractivity contribution < 1.29 is 14.4 Å². The topological polar surface area (TPSA) is 100 Å². The Labute approximate surface area is 285 Å². The van der Waals surface area contributed by atoms with Crippen LogP contribution in [0.3, 0.4) is 0 Å². The second-order valence-electron chi connectivity index (χ2n) is 9.70. The number of thiazole rings is 1. The Balaban J connectivity index is 1.20. The fraction of sp³-hybridized carbons (Fsp3) is 0.0588. The van der Waals surface area contributed by atoms with E-state index in [2.05, 4.69) is 52.8 Å². The van der Waals surface area contributed by atoms with Crippen LogP contribution >= 0.6 is 55.0 Å². The van der Waals surface area contributed by atoms with E-state index in [0.717, 1.165) is 30.7 Å². The average Bonchev–Trinajstić information content (AvgIpc) is 3.51. The van der Waals surface area contributed by atoms with Gasteiger partial charge in [-0.05, 0) is 79.2 Å². The predicted molar refractivity (Wildman–Crippen MR) is 190 cm³/mol. The van der Waals surface area contributed by atoms with Gasteiger partial charge in [-0.2, -0.15) is 0 Å². The largest absolute Gasteiger partial charge is 0.321 e. The van der Waals surface area contributed by atoms with E-state index in [1.807, 2.05) is 79.0 Å². The monoisotopic (exact) mass is 760 g/mol. The van der Waals surface area contributed by atoms with Crippen molar-refractivity contribution in [1.82, 2.24) is 10.3 Å². The van der Waals surface area contributed by atoms with Crippen LogP contribution in [-0.2, 0) is 9.59 Å². The van der Waals surface area contributed by atoms with Crippen LogP contribution in [0.4, 0.5) is 10.8 Å². The first-order valence-corrected chi connectivity index (χ1v) is 17.0. The standard InChI is InChI=1S/C34H26Br2N4O3S2/c1-21(31(41)40-34-39-30(20-44-34)23-9-13-26(36)14-10-23)45-28-17-15-27(16-18-28)37-33(43)29(19-22-7-11-25(35)12-8-22)38-32(42)24-5-3-2-4-6-24/h2-21H,1H3,(H,37,43)(H,38,42)(H,39,40,41)/b29-19-. The number of benzene rings is 4. The van der Waals surface area contributed by atoms with E-state index in [-0.39, 0.29) is 16.9 Å². The van der Waals surface area contributed by atoms with Crippen LogP contribution in [0.15, 0.2) is 128 Å². The van der Waals surface area contributed by atoms with E-state index in [4.69, 9.17) is 0 Å². The van der Waals surface area contributed by atoms with Gasteiger partial charge < -0.3 is 16.0 Å². The highest BCUT2D eigenvalue weighted by molar-refractivity contribution is 9.10. The third kappa shape index (κ3) is 9.24. The van der Waals surface area contributed by atoms with E-state index in [1.165, 1.54) is 23.1 Å². The lowest BCUT2D eigenvalue weighted by Crippen LogP contribution is -2.30. The van der Waals surface area contributed by atoms with Crippen LogP contribution in [0.5, 0.6) is 0 Å². The summed E-state index contributed by atoms with van der Waals surface area (Å²) in [5.74, 6) is -1.03. The Morgan fingerprint density at radius 1 is 0.822 bits per heavy atom. The maximum Gasteiger partial charge on any atom is 0.272 e. The SMILES string of the molecule is CC(Sc1ccc(NC(=O)/C(=C/c2ccc(Br)cc2)NC(=O)c2ccccc2)cc1)C(=O)Nc1nc(-c2ccc(Br)cc2)cs1. The number of carbonyl (C=O) groups is 3. The van der Waals surface area contributed by atoms with Gasteiger partial charge in [-0.15, -0.1) is 23.1 Å². The van der Waals surface area contributed by atoms with Crippen molar-refractivity contribution in [2.45, 2.75) is 17.1 Å². The van der Waals surface area contributed by atoms with Crippen LogP contribution in [-0.4, -0.2) is 28.0 Å². The zero-order chi connectivity index (χ0) is 31.8. The number of anilines is 2. The molecule has 5 rings (SSSR count). The molecule has 7 nitrogen and oxygen atoms in total. The normalized spacial score (nSPS) is 11.8. The number of nitrogens with zero attached hydrogens (tertiary/aromatic N) is 1. The second-order valence-corrected chi connectivity index (χ2v) is 13.8. The molecule has 0 radical (unpaired) electrons. The summed E-state index contributed by atoms with van der Waals surface area (Å²) in [6.07, 6.45) is 1.62. The minimum absolute atomic E-state index is 0.0976. The third-order valence-electron chi connectivity index (χ3n) is 6.38. The zero-order valence-corrected chi connectivity index (χ0v) is 28.6. The summed E-state index contributed by atoms with van der Waals surface area (Å²) in [4.78, 5) is 44.5. The van der Waals surface area contributed by atoms with Crippen LogP contribution in [0.1, 0.15) is 22.8 Å². The highest BCUT2D eigenvalue weighted by Crippen LogP contribution is 2.29. The van der Waals surface area contributed by atoms with Gasteiger partial charge in [0.15, 0.2) is 5.13 Å². The van der Waals surface area contributed by atoms with Gasteiger partial charge in [0.05, 0.1) is 10.9 Å². The van der Waals surface area contributed by atoms with Gasteiger partial charge in [-0.25, -0.2) is 4.98 Å². The van der Waals surface area contributed by atoms with Crippen molar-refractivity contribution in [3.63, 3.8) is 0 Å². The Morgan fingerprint density at radius 3 is 2.13 bits per heavy atom. The van der Waals surface area contributed by atoms with Gasteiger partial charge >= 0.3 is 0 Å². The van der Waals surface area contributed by atoms with Crippen molar-refractivity contribution in [1.29, 1.82) is 0 Å². The Hall–Kier alpha value is -4.03. The molecule has 4 aromatic carbocycles. The maximum absolute atomic E-state index is 13.3. The van der Waals surface area contributed by atoms with Crippen molar-refractivity contribution in [2.24, 2.45) is 0 Å². The van der Waals surface area contributed by atoms with Crippen molar-refractivity contribution in [3.05, 3.63) is 134 Å². The summed E-state index contributed by atoms with van der Waals surface area (Å²) in [5.41, 5.74) is 3.60. The summed E-state index contributed by atoms with van der Waals surface area (Å²) >= 11 is 9.62. The van der Waals surface area contributed by atoms with Crippen molar-refractivity contribution >= 4 is 89.6 Å². The maximum atomic E-state index is 13.3. The molecule has 0 aliphatic heterocycles. The first-order valence-electron chi connectivity index (χ1n) is 13.7. The molecule has 5 aromatic rings. The number of carbonyl (C=O) groups excluding carboxylic acids is 3. The van der Waals surface area contributed by atoms with Crippen molar-refractivity contribution in [3.8, 4) is 11.3 Å². The highest BCUT2D eigenvalue weighted by Gasteiger charge is 2.18. The van der Waals surface area contributed by atoms with Gasteiger partial charge in [-0.1, -0.05) is 74.3 Å². The number of amides is 3. The summed E-state index contributed by atoms with van der Waals surface area (Å²) in [7, 11) is 0. The van der Waals surface area contributed by atoms with E-state index in [9.17, 15) is 14.4 Å². The molecule has 226 valence electrons. The third-order valence-corrected chi connectivity index (χ3v) is 9.31. The van der Waals surface area contributed by atoms with Gasteiger partial charge in [0, 0.05) is 36.0 Å². The molecule has 3 amide bonds. The molecular formula is C34H26Br2N4O3S2. The molecule has 0 aliphatic carbocycles. The quantitative estimate of drug-likeness (QED) is 0.0976. The number of hydrogen-bond donors (Lipinski definition) is 3. The summed E-state index contributed by atoms with van der Waals surface area (Å²) < 4.78 is 1.89. The first kappa shape index (κ1) is 32.4. The summed E-state index contributed by atoms with van der Waals surface area (Å²) in [6, 6.07) is 31.1. The lowest BCUT2D eigenvalue weighted by atomic mass is 10.1. The van der Waals surface area contributed by atoms with Crippen molar-refractivity contribution in [2.75, 3.05) is 10.6 Å². The molecule has 3 N–H and O–H groups in total. The fourth-order valence-electron chi connectivity index (χ4n) is 4.03. The van der Waals surface area contributed by atoms with Crippen LogP contribution in [0, 0.1) is 0 Å². The number of thioether (sulfide) groups is 1. The number of nitrogens with one attached hydrogen (secondary N) is 3. The van der Waals surface area contributed by atoms with Crippen LogP contribution < -0.4 is 16.0 Å². The molecule has 0 aliphatic rings. The zero-order valence-electron chi connectivity index (χ0n) is 23.8. The first-order chi connectivity index (χ1) is 21.7. The number of aromatic nitrogens is 1. The second kappa shape index (κ2) is 15.3. The van der Waals surface area contributed by atoms with E-state index in [1.54, 1.807) is 42.5 Å². The number of halogens is 2. The Morgan fingerprint density at radius 2 is 1.47 bits per heavy atom. The van der Waals surface area contributed by atoms with Gasteiger partial charge in [0.2, 0.25) is 5.91 Å². The Kier molecular flexibility index (Phi) is 11.0. The molecule has 0 fully saturated rings. The molecule has 1 atom stereocenters. The molecule has 11 heteroatoms. The lowest BCUT2D eigenvalue weighted by molar-refractivity contribution is -0.115. The smallest absolute Gasteiger partial charge is 0.272 e. The molecular weight excluding hydrogens is 736 g/mol.